The second-order valence-corrected chi connectivity index (χ2v) is 3.11. The molecule has 0 unspecified atom stereocenters. The zero-order chi connectivity index (χ0) is 9.90. The fraction of sp³-hybridized carbons (Fsp3) is 0.375. The Balaban J connectivity index is 3.10. The van der Waals surface area contributed by atoms with Crippen molar-refractivity contribution in [3.8, 4) is 6.07 Å². The van der Waals surface area contributed by atoms with Crippen LogP contribution in [0.3, 0.4) is 0 Å². The van der Waals surface area contributed by atoms with E-state index in [1.807, 2.05) is 6.07 Å². The van der Waals surface area contributed by atoms with Crippen LogP contribution < -0.4 is 0 Å². The minimum atomic E-state index is -0.860. The summed E-state index contributed by atoms with van der Waals surface area (Å²) in [6.07, 6.45) is 3.17. The van der Waals surface area contributed by atoms with Crippen LogP contribution in [0.5, 0.6) is 0 Å². The molecule has 0 atom stereocenters. The van der Waals surface area contributed by atoms with Crippen molar-refractivity contribution in [3.05, 3.63) is 18.5 Å². The summed E-state index contributed by atoms with van der Waals surface area (Å²) < 4.78 is 1.36. The van der Waals surface area contributed by atoms with Gasteiger partial charge in [0.25, 0.3) is 0 Å². The molecule has 5 nitrogen and oxygen atoms in total. The van der Waals surface area contributed by atoms with Crippen molar-refractivity contribution in [2.45, 2.75) is 13.8 Å². The zero-order valence-corrected chi connectivity index (χ0v) is 7.47. The molecule has 1 aromatic rings. The van der Waals surface area contributed by atoms with Crippen molar-refractivity contribution in [3.63, 3.8) is 0 Å². The first-order valence-corrected chi connectivity index (χ1v) is 3.75. The van der Waals surface area contributed by atoms with Gasteiger partial charge in [-0.15, -0.1) is 0 Å². The van der Waals surface area contributed by atoms with Gasteiger partial charge < -0.3 is 5.21 Å². The fourth-order valence-electron chi connectivity index (χ4n) is 0.901. The molecule has 0 aliphatic carbocycles. The third-order valence-corrected chi connectivity index (χ3v) is 1.65. The van der Waals surface area contributed by atoms with E-state index in [0.29, 0.717) is 0 Å². The quantitative estimate of drug-likeness (QED) is 0.302. The average Bonchev–Trinajstić information content (AvgIpc) is 2.58. The monoisotopic (exact) mass is 178 g/mol. The summed E-state index contributed by atoms with van der Waals surface area (Å²) in [7, 11) is 0. The summed E-state index contributed by atoms with van der Waals surface area (Å²) in [5.41, 5.74) is -0.860. The molecule has 1 rings (SSSR count). The summed E-state index contributed by atoms with van der Waals surface area (Å²) in [5.74, 6) is 0.208. The molecule has 1 aromatic heterocycles. The highest BCUT2D eigenvalue weighted by atomic mass is 16.4. The summed E-state index contributed by atoms with van der Waals surface area (Å²) in [6.45, 7) is 3.31. The maximum absolute atomic E-state index is 8.81. The second-order valence-electron chi connectivity index (χ2n) is 3.11. The molecular formula is C8H10N4O. The molecule has 0 aliphatic heterocycles. The number of rotatable bonds is 1. The van der Waals surface area contributed by atoms with Crippen molar-refractivity contribution in [2.24, 2.45) is 10.6 Å². The minimum absolute atomic E-state index is 0.208. The summed E-state index contributed by atoms with van der Waals surface area (Å²) in [6, 6.07) is 3.72. The molecule has 1 N–H and O–H groups in total. The molecule has 0 radical (unpaired) electrons. The molecule has 13 heavy (non-hydrogen) atoms. The molecule has 0 saturated carbocycles. The van der Waals surface area contributed by atoms with E-state index >= 15 is 0 Å². The van der Waals surface area contributed by atoms with Gasteiger partial charge in [-0.3, -0.25) is 0 Å². The lowest BCUT2D eigenvalue weighted by Crippen LogP contribution is -2.29. The van der Waals surface area contributed by atoms with Crippen LogP contribution in [0.15, 0.2) is 23.6 Å². The molecule has 0 bridgehead atoms. The van der Waals surface area contributed by atoms with Crippen molar-refractivity contribution in [2.75, 3.05) is 0 Å². The van der Waals surface area contributed by atoms with Gasteiger partial charge in [-0.25, -0.2) is 4.68 Å². The lowest BCUT2D eigenvalue weighted by molar-refractivity contribution is 0.309. The van der Waals surface area contributed by atoms with E-state index in [1.54, 1.807) is 32.3 Å². The Morgan fingerprint density at radius 3 is 2.77 bits per heavy atom. The predicted octanol–water partition coefficient (Wildman–Crippen LogP) is 1.07. The number of aromatic nitrogens is 2. The first-order chi connectivity index (χ1) is 6.11. The zero-order valence-electron chi connectivity index (χ0n) is 7.47. The van der Waals surface area contributed by atoms with Crippen LogP contribution in [-0.2, 0) is 0 Å². The lowest BCUT2D eigenvalue weighted by atomic mass is 9.94. The van der Waals surface area contributed by atoms with Gasteiger partial charge in [-0.05, 0) is 19.9 Å². The van der Waals surface area contributed by atoms with Crippen LogP contribution in [0.4, 0.5) is 0 Å². The second kappa shape index (κ2) is 3.27. The van der Waals surface area contributed by atoms with Gasteiger partial charge in [0.1, 0.15) is 5.41 Å². The van der Waals surface area contributed by atoms with E-state index in [1.165, 1.54) is 4.68 Å². The molecule has 5 heteroatoms. The normalized spacial score (nSPS) is 12.5. The van der Waals surface area contributed by atoms with Crippen LogP contribution in [0.2, 0.25) is 0 Å². The Bertz CT molecular complexity index is 345. The Kier molecular flexibility index (Phi) is 2.33. The minimum Gasteiger partial charge on any atom is -0.409 e. The van der Waals surface area contributed by atoms with E-state index in [0.717, 1.165) is 0 Å². The third kappa shape index (κ3) is 1.67. The summed E-state index contributed by atoms with van der Waals surface area (Å²) in [5, 5.41) is 24.5. The first-order valence-electron chi connectivity index (χ1n) is 3.75. The molecule has 1 heterocycles. The van der Waals surface area contributed by atoms with E-state index < -0.39 is 5.41 Å². The molecule has 0 aromatic carbocycles. The largest absolute Gasteiger partial charge is 0.409 e. The third-order valence-electron chi connectivity index (χ3n) is 1.65. The molecule has 0 fully saturated rings. The molecular weight excluding hydrogens is 168 g/mol. The highest BCUT2D eigenvalue weighted by molar-refractivity contribution is 5.90. The van der Waals surface area contributed by atoms with Crippen LogP contribution in [0.25, 0.3) is 0 Å². The van der Waals surface area contributed by atoms with Gasteiger partial charge in [-0.1, -0.05) is 5.16 Å². The Hall–Kier alpha value is -1.83. The number of oxime groups is 1. The first kappa shape index (κ1) is 9.26. The van der Waals surface area contributed by atoms with Gasteiger partial charge in [0.2, 0.25) is 0 Å². The lowest BCUT2D eigenvalue weighted by Gasteiger charge is -2.15. The maximum Gasteiger partial charge on any atom is 0.188 e. The standard InChI is InChI=1S/C8H10N4O/c1-8(2,6-9)7(11-13)12-5-3-4-10-12/h3-5,13H,1-2H3/b11-7-. The highest BCUT2D eigenvalue weighted by Gasteiger charge is 2.27. The van der Waals surface area contributed by atoms with Crippen LogP contribution in [0.1, 0.15) is 13.8 Å². The highest BCUT2D eigenvalue weighted by Crippen LogP contribution is 2.16. The molecule has 0 saturated heterocycles. The smallest absolute Gasteiger partial charge is 0.188 e. The average molecular weight is 178 g/mol. The molecule has 0 aliphatic rings. The van der Waals surface area contributed by atoms with Crippen molar-refractivity contribution in [1.82, 2.24) is 9.78 Å². The van der Waals surface area contributed by atoms with Crippen LogP contribution >= 0.6 is 0 Å². The number of hydrogen-bond acceptors (Lipinski definition) is 4. The Morgan fingerprint density at radius 2 is 2.38 bits per heavy atom. The van der Waals surface area contributed by atoms with Gasteiger partial charge in [0.05, 0.1) is 6.07 Å². The van der Waals surface area contributed by atoms with E-state index in [9.17, 15) is 0 Å². The van der Waals surface area contributed by atoms with Crippen molar-refractivity contribution in [1.29, 1.82) is 5.26 Å². The van der Waals surface area contributed by atoms with E-state index in [-0.39, 0.29) is 5.84 Å². The van der Waals surface area contributed by atoms with Crippen molar-refractivity contribution < 1.29 is 5.21 Å². The Morgan fingerprint density at radius 1 is 1.69 bits per heavy atom. The summed E-state index contributed by atoms with van der Waals surface area (Å²) >= 11 is 0. The topological polar surface area (TPSA) is 74.2 Å². The van der Waals surface area contributed by atoms with Gasteiger partial charge in [0, 0.05) is 12.4 Å². The SMILES string of the molecule is CC(C)(C#N)/C(=N/O)n1cccn1. The van der Waals surface area contributed by atoms with E-state index in [4.69, 9.17) is 10.5 Å². The van der Waals surface area contributed by atoms with Gasteiger partial charge in [-0.2, -0.15) is 10.4 Å². The number of nitriles is 1. The maximum atomic E-state index is 8.81. The van der Waals surface area contributed by atoms with Gasteiger partial charge >= 0.3 is 0 Å². The predicted molar refractivity (Wildman–Crippen MR) is 46.2 cm³/mol. The van der Waals surface area contributed by atoms with Crippen LogP contribution in [0, 0.1) is 16.7 Å². The molecule has 68 valence electrons. The van der Waals surface area contributed by atoms with Crippen LogP contribution in [-0.4, -0.2) is 20.8 Å². The van der Waals surface area contributed by atoms with Crippen molar-refractivity contribution >= 4 is 5.84 Å². The van der Waals surface area contributed by atoms with E-state index in [2.05, 4.69) is 10.3 Å². The molecule has 0 amide bonds. The number of hydrogen-bond donors (Lipinski definition) is 1. The number of nitrogens with zero attached hydrogens (tertiary/aromatic N) is 4. The Labute approximate surface area is 75.9 Å². The van der Waals surface area contributed by atoms with Gasteiger partial charge in [0.15, 0.2) is 5.84 Å². The fourth-order valence-corrected chi connectivity index (χ4v) is 0.901. The molecule has 0 spiro atoms. The summed E-state index contributed by atoms with van der Waals surface area (Å²) in [4.78, 5) is 0.